The van der Waals surface area contributed by atoms with Crippen LogP contribution >= 0.6 is 31.9 Å². The van der Waals surface area contributed by atoms with Crippen LogP contribution in [0.15, 0.2) is 39.3 Å². The van der Waals surface area contributed by atoms with Crippen molar-refractivity contribution < 1.29 is 19.4 Å². The van der Waals surface area contributed by atoms with Crippen LogP contribution in [0.25, 0.3) is 0 Å². The Kier molecular flexibility index (Phi) is 7.12. The highest BCUT2D eigenvalue weighted by molar-refractivity contribution is 9.11. The Morgan fingerprint density at radius 2 is 1.73 bits per heavy atom. The van der Waals surface area contributed by atoms with E-state index in [-0.39, 0.29) is 12.3 Å². The van der Waals surface area contributed by atoms with Crippen LogP contribution < -0.4 is 9.47 Å². The number of rotatable bonds is 7. The van der Waals surface area contributed by atoms with E-state index in [0.717, 1.165) is 25.8 Å². The fourth-order valence-electron chi connectivity index (χ4n) is 2.69. The van der Waals surface area contributed by atoms with Gasteiger partial charge in [-0.3, -0.25) is 4.79 Å². The van der Waals surface area contributed by atoms with Crippen molar-refractivity contribution in [3.63, 3.8) is 0 Å². The highest BCUT2D eigenvalue weighted by Crippen LogP contribution is 2.41. The van der Waals surface area contributed by atoms with E-state index in [1.54, 1.807) is 7.11 Å². The summed E-state index contributed by atoms with van der Waals surface area (Å²) in [7, 11) is 1.66. The number of hydrogen-bond acceptors (Lipinski definition) is 3. The second-order valence-electron chi connectivity index (χ2n) is 6.47. The second kappa shape index (κ2) is 8.91. The molecule has 0 aliphatic rings. The molecule has 0 aliphatic heterocycles. The standard InChI is InChI=1S/C20H22Br2O4/c1-11(2)15-10-14(5-6-18(15)25-4)26-20-16(21)8-13(9-17(20)22)12(3)7-19(23)24/h5-6,8-12H,7H2,1-4H3,(H,23,24). The zero-order valence-electron chi connectivity index (χ0n) is 15.2. The molecule has 0 amide bonds. The van der Waals surface area contributed by atoms with Crippen molar-refractivity contribution in [2.75, 3.05) is 7.11 Å². The number of aliphatic carboxylic acids is 1. The van der Waals surface area contributed by atoms with Gasteiger partial charge < -0.3 is 14.6 Å². The monoisotopic (exact) mass is 484 g/mol. The van der Waals surface area contributed by atoms with Gasteiger partial charge in [0.1, 0.15) is 11.5 Å². The van der Waals surface area contributed by atoms with E-state index in [1.165, 1.54) is 0 Å². The first-order chi connectivity index (χ1) is 12.2. The quantitative estimate of drug-likeness (QED) is 0.473. The van der Waals surface area contributed by atoms with E-state index < -0.39 is 5.97 Å². The first kappa shape index (κ1) is 20.8. The smallest absolute Gasteiger partial charge is 0.303 e. The molecule has 4 nitrogen and oxygen atoms in total. The van der Waals surface area contributed by atoms with Crippen LogP contribution in [0.1, 0.15) is 50.2 Å². The zero-order valence-corrected chi connectivity index (χ0v) is 18.3. The molecule has 0 radical (unpaired) electrons. The Hall–Kier alpha value is -1.53. The lowest BCUT2D eigenvalue weighted by molar-refractivity contribution is -0.137. The number of hydrogen-bond donors (Lipinski definition) is 1. The molecule has 0 heterocycles. The minimum atomic E-state index is -0.815. The van der Waals surface area contributed by atoms with Crippen LogP contribution in [0.3, 0.4) is 0 Å². The Bertz CT molecular complexity index is 779. The largest absolute Gasteiger partial charge is 0.496 e. The van der Waals surface area contributed by atoms with Crippen molar-refractivity contribution in [2.45, 2.75) is 39.0 Å². The third kappa shape index (κ3) is 5.01. The summed E-state index contributed by atoms with van der Waals surface area (Å²) >= 11 is 7.08. The first-order valence-electron chi connectivity index (χ1n) is 8.29. The van der Waals surface area contributed by atoms with Crippen LogP contribution in [0, 0.1) is 0 Å². The average Bonchev–Trinajstić information content (AvgIpc) is 2.57. The molecule has 140 valence electrons. The zero-order chi connectivity index (χ0) is 19.4. The Labute approximate surface area is 170 Å². The van der Waals surface area contributed by atoms with Gasteiger partial charge in [-0.15, -0.1) is 0 Å². The Morgan fingerprint density at radius 1 is 1.12 bits per heavy atom. The van der Waals surface area contributed by atoms with Gasteiger partial charge in [-0.25, -0.2) is 0 Å². The molecule has 0 bridgehead atoms. The summed E-state index contributed by atoms with van der Waals surface area (Å²) in [5.74, 6) is 1.59. The molecule has 26 heavy (non-hydrogen) atoms. The second-order valence-corrected chi connectivity index (χ2v) is 8.18. The van der Waals surface area contributed by atoms with Gasteiger partial charge >= 0.3 is 5.97 Å². The fourth-order valence-corrected chi connectivity index (χ4v) is 4.07. The van der Waals surface area contributed by atoms with E-state index >= 15 is 0 Å². The Balaban J connectivity index is 2.33. The lowest BCUT2D eigenvalue weighted by atomic mass is 9.98. The lowest BCUT2D eigenvalue weighted by Crippen LogP contribution is -2.03. The van der Waals surface area contributed by atoms with Gasteiger partial charge in [0.15, 0.2) is 5.75 Å². The van der Waals surface area contributed by atoms with Gasteiger partial charge in [-0.2, -0.15) is 0 Å². The van der Waals surface area contributed by atoms with Crippen LogP contribution in [0.4, 0.5) is 0 Å². The van der Waals surface area contributed by atoms with E-state index in [4.69, 9.17) is 14.6 Å². The highest BCUT2D eigenvalue weighted by atomic mass is 79.9. The van der Waals surface area contributed by atoms with Gasteiger partial charge in [0.05, 0.1) is 22.5 Å². The normalized spacial score (nSPS) is 12.1. The first-order valence-corrected chi connectivity index (χ1v) is 9.88. The van der Waals surface area contributed by atoms with E-state index in [0.29, 0.717) is 17.4 Å². The maximum atomic E-state index is 10.9. The van der Waals surface area contributed by atoms with Gasteiger partial charge in [0.25, 0.3) is 0 Å². The van der Waals surface area contributed by atoms with Gasteiger partial charge in [0.2, 0.25) is 0 Å². The molecule has 0 spiro atoms. The van der Waals surface area contributed by atoms with Gasteiger partial charge in [-0.05, 0) is 79.6 Å². The predicted molar refractivity (Wildman–Crippen MR) is 110 cm³/mol. The molecule has 0 saturated carbocycles. The van der Waals surface area contributed by atoms with Crippen LogP contribution in [-0.2, 0) is 4.79 Å². The topological polar surface area (TPSA) is 55.8 Å². The number of halogens is 2. The molecular formula is C20H22Br2O4. The van der Waals surface area contributed by atoms with Crippen molar-refractivity contribution in [1.82, 2.24) is 0 Å². The van der Waals surface area contributed by atoms with Crippen molar-refractivity contribution in [1.29, 1.82) is 0 Å². The summed E-state index contributed by atoms with van der Waals surface area (Å²) in [5, 5.41) is 8.99. The number of ether oxygens (including phenoxy) is 2. The van der Waals surface area contributed by atoms with Crippen molar-refractivity contribution in [3.8, 4) is 17.2 Å². The molecule has 0 saturated heterocycles. The van der Waals surface area contributed by atoms with E-state index in [2.05, 4.69) is 45.7 Å². The van der Waals surface area contributed by atoms with Crippen molar-refractivity contribution in [3.05, 3.63) is 50.4 Å². The van der Waals surface area contributed by atoms with Crippen LogP contribution in [0.5, 0.6) is 17.2 Å². The molecule has 2 aromatic carbocycles. The summed E-state index contributed by atoms with van der Waals surface area (Å²) in [4.78, 5) is 10.9. The highest BCUT2D eigenvalue weighted by Gasteiger charge is 2.17. The molecule has 0 fully saturated rings. The maximum Gasteiger partial charge on any atom is 0.303 e. The average molecular weight is 486 g/mol. The maximum absolute atomic E-state index is 10.9. The summed E-state index contributed by atoms with van der Waals surface area (Å²) < 4.78 is 13.0. The number of methoxy groups -OCH3 is 1. The summed E-state index contributed by atoms with van der Waals surface area (Å²) in [6, 6.07) is 9.55. The molecular weight excluding hydrogens is 464 g/mol. The van der Waals surface area contributed by atoms with Crippen LogP contribution in [0.2, 0.25) is 0 Å². The molecule has 2 rings (SSSR count). The molecule has 2 aromatic rings. The number of benzene rings is 2. The predicted octanol–water partition coefficient (Wildman–Crippen LogP) is 6.71. The minimum absolute atomic E-state index is 0.0787. The van der Waals surface area contributed by atoms with Gasteiger partial charge in [-0.1, -0.05) is 20.8 Å². The molecule has 1 atom stereocenters. The SMILES string of the molecule is COc1ccc(Oc2c(Br)cc(C(C)CC(=O)O)cc2Br)cc1C(C)C. The molecule has 0 aliphatic carbocycles. The minimum Gasteiger partial charge on any atom is -0.496 e. The van der Waals surface area contributed by atoms with Crippen LogP contribution in [-0.4, -0.2) is 18.2 Å². The fraction of sp³-hybridized carbons (Fsp3) is 0.350. The van der Waals surface area contributed by atoms with Crippen molar-refractivity contribution >= 4 is 37.8 Å². The molecule has 6 heteroatoms. The summed E-state index contributed by atoms with van der Waals surface area (Å²) in [5.41, 5.74) is 2.00. The van der Waals surface area contributed by atoms with E-state index in [9.17, 15) is 4.79 Å². The molecule has 1 N–H and O–H groups in total. The Morgan fingerprint density at radius 3 is 2.23 bits per heavy atom. The number of carboxylic acid groups (broad SMARTS) is 1. The number of carboxylic acids is 1. The van der Waals surface area contributed by atoms with Gasteiger partial charge in [0, 0.05) is 5.56 Å². The summed E-state index contributed by atoms with van der Waals surface area (Å²) in [6.07, 6.45) is 0.0787. The van der Waals surface area contributed by atoms with Crippen molar-refractivity contribution in [2.24, 2.45) is 0 Å². The summed E-state index contributed by atoms with van der Waals surface area (Å²) in [6.45, 7) is 6.10. The number of carbonyl (C=O) groups is 1. The molecule has 1 unspecified atom stereocenters. The lowest BCUT2D eigenvalue weighted by Gasteiger charge is -2.17. The molecule has 0 aromatic heterocycles. The third-order valence-corrected chi connectivity index (χ3v) is 5.29. The van der Waals surface area contributed by atoms with E-state index in [1.807, 2.05) is 37.3 Å². The third-order valence-electron chi connectivity index (χ3n) is 4.11.